The van der Waals surface area contributed by atoms with Gasteiger partial charge in [-0.05, 0) is 147 Å². The number of rotatable bonds is 11. The largest absolute Gasteiger partial charge is 0.497 e. The monoisotopic (exact) mass is 1160 g/mol. The van der Waals surface area contributed by atoms with E-state index in [-0.39, 0.29) is 34.5 Å². The molecule has 20 heteroatoms. The minimum atomic E-state index is -0.226. The molecule has 0 spiro atoms. The fourth-order valence-corrected chi connectivity index (χ4v) is 12.4. The first-order valence-electron chi connectivity index (χ1n) is 29.2. The van der Waals surface area contributed by atoms with Crippen molar-refractivity contribution in [2.45, 2.75) is 75.7 Å². The predicted octanol–water partition coefficient (Wildman–Crippen LogP) is 11.3. The van der Waals surface area contributed by atoms with Crippen LogP contribution in [0.15, 0.2) is 162 Å². The molecule has 2 saturated carbocycles. The predicted molar refractivity (Wildman–Crippen MR) is 340 cm³/mol. The van der Waals surface area contributed by atoms with E-state index in [9.17, 15) is 19.2 Å². The molecule has 20 nitrogen and oxygen atoms in total. The van der Waals surface area contributed by atoms with Crippen molar-refractivity contribution < 1.29 is 19.1 Å². The van der Waals surface area contributed by atoms with E-state index in [0.29, 0.717) is 23.1 Å². The third-order valence-electron chi connectivity index (χ3n) is 16.9. The standard InChI is InChI=1S/C26H23N5O.C23H25N5O3.C18H18N4O2/c1-16-28-20-10-9-19(15-21(20)29-16)31-23-11-8-17(24(32)27-2)14-22(23)30-25(31)26(12-13-26)18-6-4-3-5-7-18;1-24-22(29)14-5-10-20-19(11-14)25-21(13-3-7-16(31-2)8-4-13)28(20)15-6-9-17-18(12-15)27-23(30)26-17;1-10(2)17-19-15-9-12(24-3)5-7-16(15)22(17)11-4-6-13-14(8-11)21-18(23)20-13/h3-11,14-15,28-29H,1,12-13H2,2H3,(H,27,32);5-6,9-13,16H,3-4,7-8H2,1-2H3,(H,24,29)(H2,26,27,30);4-10H,1-3H3,(H2,20,21,23). The van der Waals surface area contributed by atoms with Crippen LogP contribution in [0.25, 0.3) is 72.2 Å². The molecular weight excluding hydrogens is 1100 g/mol. The highest BCUT2D eigenvalue weighted by molar-refractivity contribution is 5.99. The van der Waals surface area contributed by atoms with Gasteiger partial charge in [-0.15, -0.1) is 0 Å². The minimum Gasteiger partial charge on any atom is -0.497 e. The maximum atomic E-state index is 12.2. The molecule has 0 atom stereocenters. The molecule has 0 unspecified atom stereocenters. The number of hydrogen-bond donors (Lipinski definition) is 8. The second kappa shape index (κ2) is 22.5. The molecule has 0 radical (unpaired) electrons. The van der Waals surface area contributed by atoms with E-state index in [1.165, 1.54) is 5.56 Å². The molecule has 0 bridgehead atoms. The molecule has 6 heterocycles. The van der Waals surface area contributed by atoms with E-state index in [1.54, 1.807) is 28.3 Å². The van der Waals surface area contributed by atoms with Gasteiger partial charge in [-0.1, -0.05) is 50.8 Å². The van der Waals surface area contributed by atoms with Gasteiger partial charge >= 0.3 is 11.4 Å². The zero-order valence-electron chi connectivity index (χ0n) is 49.1. The van der Waals surface area contributed by atoms with Crippen molar-refractivity contribution >= 4 is 78.4 Å². The second-order valence-corrected chi connectivity index (χ2v) is 22.7. The van der Waals surface area contributed by atoms with Crippen LogP contribution in [0, 0.1) is 0 Å². The lowest BCUT2D eigenvalue weighted by Gasteiger charge is -2.27. The average molecular weight is 1160 g/mol. The number of methoxy groups -OCH3 is 2. The lowest BCUT2D eigenvalue weighted by atomic mass is 9.86. The van der Waals surface area contributed by atoms with E-state index in [0.717, 1.165) is 151 Å². The molecule has 12 aromatic rings. The molecule has 8 N–H and O–H groups in total. The number of aromatic nitrogens is 10. The Bertz CT molecular complexity index is 4770. The zero-order chi connectivity index (χ0) is 60.3. The summed E-state index contributed by atoms with van der Waals surface area (Å²) in [6.07, 6.45) is 6.38. The molecule has 15 rings (SSSR count). The number of hydrogen-bond acceptors (Lipinski definition) is 11. The van der Waals surface area contributed by atoms with Crippen molar-refractivity contribution in [3.8, 4) is 22.8 Å². The Morgan fingerprint density at radius 3 is 1.72 bits per heavy atom. The van der Waals surface area contributed by atoms with Gasteiger partial charge in [0.05, 0.1) is 85.2 Å². The van der Waals surface area contributed by atoms with E-state index in [2.05, 4.69) is 118 Å². The van der Waals surface area contributed by atoms with Gasteiger partial charge in [0, 0.05) is 67.3 Å². The normalized spacial score (nSPS) is 15.8. The van der Waals surface area contributed by atoms with Crippen molar-refractivity contribution in [2.24, 2.45) is 0 Å². The number of ether oxygens (including phenoxy) is 2. The van der Waals surface area contributed by atoms with Gasteiger partial charge in [0.15, 0.2) is 0 Å². The van der Waals surface area contributed by atoms with Gasteiger partial charge in [0.25, 0.3) is 11.8 Å². The van der Waals surface area contributed by atoms with Gasteiger partial charge < -0.3 is 50.7 Å². The molecule has 440 valence electrons. The highest BCUT2D eigenvalue weighted by Crippen LogP contribution is 2.54. The van der Waals surface area contributed by atoms with Crippen LogP contribution < -0.4 is 37.4 Å². The van der Waals surface area contributed by atoms with Crippen molar-refractivity contribution in [1.29, 1.82) is 0 Å². The first kappa shape index (κ1) is 55.7. The summed E-state index contributed by atoms with van der Waals surface area (Å²) in [6.45, 7) is 8.21. The smallest absolute Gasteiger partial charge is 0.323 e. The van der Waals surface area contributed by atoms with Crippen LogP contribution in [0.2, 0.25) is 0 Å². The summed E-state index contributed by atoms with van der Waals surface area (Å²) in [7, 11) is 6.69. The Morgan fingerprint density at radius 1 is 0.586 bits per heavy atom. The summed E-state index contributed by atoms with van der Waals surface area (Å²) in [4.78, 5) is 73.7. The fourth-order valence-electron chi connectivity index (χ4n) is 12.4. The lowest BCUT2D eigenvalue weighted by Crippen LogP contribution is -2.21. The van der Waals surface area contributed by atoms with Crippen LogP contribution in [-0.4, -0.2) is 94.8 Å². The minimum absolute atomic E-state index is 0.112. The van der Waals surface area contributed by atoms with Gasteiger partial charge in [0.1, 0.15) is 29.0 Å². The molecule has 87 heavy (non-hydrogen) atoms. The molecule has 1 aliphatic heterocycles. The molecule has 2 fully saturated rings. The molecular formula is C67H66N14O6. The second-order valence-electron chi connectivity index (χ2n) is 22.7. The SMILES string of the molecule is C=C1Nc2ccc(-n3c(C4(c5ccccc5)CC4)nc4cc(C(=O)NC)ccc43)cc2N1.CNC(=O)c1ccc2c(c1)nc(C1CCC(OC)CC1)n2-c1ccc2[nH]c(=O)[nH]c2c1.COc1ccc2c(c1)nc(C(C)C)n2-c1ccc2[nH]c(=O)[nH]c2c1. The third kappa shape index (κ3) is 10.4. The van der Waals surface area contributed by atoms with Gasteiger partial charge in [-0.2, -0.15) is 0 Å². The number of imidazole rings is 5. The summed E-state index contributed by atoms with van der Waals surface area (Å²) in [5.74, 6) is 4.82. The number of nitrogens with zero attached hydrogens (tertiary/aromatic N) is 6. The Balaban J connectivity index is 0.000000122. The van der Waals surface area contributed by atoms with Crippen LogP contribution in [0.1, 0.15) is 108 Å². The third-order valence-corrected chi connectivity index (χ3v) is 16.9. The number of carbonyl (C=O) groups excluding carboxylic acids is 2. The Hall–Kier alpha value is -10.5. The number of amides is 2. The zero-order valence-corrected chi connectivity index (χ0v) is 49.1. The maximum absolute atomic E-state index is 12.2. The number of aromatic amines is 4. The summed E-state index contributed by atoms with van der Waals surface area (Å²) >= 11 is 0. The van der Waals surface area contributed by atoms with Crippen molar-refractivity contribution in [3.63, 3.8) is 0 Å². The van der Waals surface area contributed by atoms with Crippen molar-refractivity contribution in [1.82, 2.24) is 59.2 Å². The van der Waals surface area contributed by atoms with Gasteiger partial charge in [-0.25, -0.2) is 24.5 Å². The van der Waals surface area contributed by atoms with Gasteiger partial charge in [0.2, 0.25) is 0 Å². The van der Waals surface area contributed by atoms with Crippen molar-refractivity contribution in [3.05, 3.63) is 207 Å². The number of nitrogens with one attached hydrogen (secondary N) is 8. The lowest BCUT2D eigenvalue weighted by molar-refractivity contribution is 0.0650. The molecule has 7 aromatic carbocycles. The number of benzene rings is 7. The summed E-state index contributed by atoms with van der Waals surface area (Å²) in [5, 5.41) is 11.9. The number of fused-ring (bicyclic) bond motifs is 6. The summed E-state index contributed by atoms with van der Waals surface area (Å²) < 4.78 is 17.4. The average Bonchev–Trinajstić information content (AvgIpc) is 1.60. The highest BCUT2D eigenvalue weighted by Gasteiger charge is 2.50. The van der Waals surface area contributed by atoms with Crippen LogP contribution >= 0.6 is 0 Å². The van der Waals surface area contributed by atoms with Crippen LogP contribution in [-0.2, 0) is 10.2 Å². The number of anilines is 2. The molecule has 0 saturated heterocycles. The highest BCUT2D eigenvalue weighted by atomic mass is 16.5. The summed E-state index contributed by atoms with van der Waals surface area (Å²) in [6, 6.07) is 45.8. The Labute approximate surface area is 499 Å². The van der Waals surface area contributed by atoms with Crippen molar-refractivity contribution in [2.75, 3.05) is 38.9 Å². The number of H-pyrrole nitrogens is 4. The first-order valence-corrected chi connectivity index (χ1v) is 29.2. The number of carbonyl (C=O) groups is 2. The summed E-state index contributed by atoms with van der Waals surface area (Å²) in [5.41, 5.74) is 15.4. The van der Waals surface area contributed by atoms with E-state index >= 15 is 0 Å². The fraction of sp³-hybridized carbons (Fsp3) is 0.239. The Kier molecular flexibility index (Phi) is 14.4. The Morgan fingerprint density at radius 2 is 1.13 bits per heavy atom. The van der Waals surface area contributed by atoms with E-state index in [1.807, 2.05) is 97.1 Å². The van der Waals surface area contributed by atoms with Crippen LogP contribution in [0.3, 0.4) is 0 Å². The molecule has 2 aliphatic carbocycles. The quantitative estimate of drug-likeness (QED) is 0.0605. The molecule has 2 amide bonds. The van der Waals surface area contributed by atoms with Gasteiger partial charge in [-0.3, -0.25) is 23.3 Å². The maximum Gasteiger partial charge on any atom is 0.323 e. The van der Waals surface area contributed by atoms with Crippen LogP contribution in [0.5, 0.6) is 5.75 Å². The topological polar surface area (TPSA) is 251 Å². The van der Waals surface area contributed by atoms with E-state index < -0.39 is 0 Å². The first-order chi connectivity index (χ1) is 42.2. The molecule has 3 aliphatic rings. The molecule has 5 aromatic heterocycles. The van der Waals surface area contributed by atoms with E-state index in [4.69, 9.17) is 24.4 Å². The van der Waals surface area contributed by atoms with Crippen LogP contribution in [0.4, 0.5) is 11.4 Å².